The summed E-state index contributed by atoms with van der Waals surface area (Å²) in [5.74, 6) is -0.142. The van der Waals surface area contributed by atoms with E-state index in [1.807, 2.05) is 0 Å². The van der Waals surface area contributed by atoms with Gasteiger partial charge < -0.3 is 10.1 Å². The molecule has 1 aliphatic rings. The highest BCUT2D eigenvalue weighted by Crippen LogP contribution is 2.08. The third kappa shape index (κ3) is 2.17. The monoisotopic (exact) mass is 174 g/mol. The molecule has 5 heteroatoms. The second-order valence-corrected chi connectivity index (χ2v) is 2.72. The van der Waals surface area contributed by atoms with Gasteiger partial charge in [-0.25, -0.2) is 5.48 Å². The van der Waals surface area contributed by atoms with E-state index in [2.05, 4.69) is 15.6 Å². The minimum Gasteiger partial charge on any atom is -0.380 e. The largest absolute Gasteiger partial charge is 0.380 e. The molecule has 0 aromatic heterocycles. The summed E-state index contributed by atoms with van der Waals surface area (Å²) in [5, 5.41) is 3.03. The first-order valence-corrected chi connectivity index (χ1v) is 3.87. The van der Waals surface area contributed by atoms with Gasteiger partial charge in [0, 0.05) is 13.7 Å². The lowest BCUT2D eigenvalue weighted by Crippen LogP contribution is -2.39. The fraction of sp³-hybridized carbons (Fsp3) is 0.857. The number of ether oxygens (including phenoxy) is 1. The van der Waals surface area contributed by atoms with Crippen molar-refractivity contribution in [2.75, 3.05) is 20.8 Å². The van der Waals surface area contributed by atoms with Crippen LogP contribution in [0.25, 0.3) is 0 Å². The van der Waals surface area contributed by atoms with Crippen LogP contribution in [-0.2, 0) is 14.4 Å². The Morgan fingerprint density at radius 1 is 1.58 bits per heavy atom. The topological polar surface area (TPSA) is 59.6 Å². The molecule has 1 fully saturated rings. The molecule has 0 radical (unpaired) electrons. The van der Waals surface area contributed by atoms with E-state index in [-0.39, 0.29) is 18.1 Å². The van der Waals surface area contributed by atoms with Crippen molar-refractivity contribution in [3.05, 3.63) is 0 Å². The van der Waals surface area contributed by atoms with Crippen LogP contribution >= 0.6 is 0 Å². The summed E-state index contributed by atoms with van der Waals surface area (Å²) in [6, 6.07) is -0.185. The summed E-state index contributed by atoms with van der Waals surface area (Å²) in [5.41, 5.74) is 2.28. The van der Waals surface area contributed by atoms with Gasteiger partial charge in [-0.1, -0.05) is 0 Å². The standard InChI is InChI=1S/C7H14N2O3/c1-11-5-3-6(8-4-5)7(10)9-12-2/h5-6,8H,3-4H2,1-2H3,(H,9,10). The van der Waals surface area contributed by atoms with Crippen molar-refractivity contribution in [3.8, 4) is 0 Å². The Morgan fingerprint density at radius 2 is 2.33 bits per heavy atom. The molecule has 0 aliphatic carbocycles. The maximum absolute atomic E-state index is 11.2. The van der Waals surface area contributed by atoms with Gasteiger partial charge in [0.25, 0.3) is 5.91 Å². The molecule has 12 heavy (non-hydrogen) atoms. The third-order valence-corrected chi connectivity index (χ3v) is 1.94. The van der Waals surface area contributed by atoms with Crippen LogP contribution in [0.5, 0.6) is 0 Å². The molecule has 70 valence electrons. The molecule has 0 aromatic rings. The Morgan fingerprint density at radius 3 is 2.83 bits per heavy atom. The van der Waals surface area contributed by atoms with Crippen molar-refractivity contribution in [1.29, 1.82) is 0 Å². The van der Waals surface area contributed by atoms with Gasteiger partial charge in [-0.2, -0.15) is 0 Å². The summed E-state index contributed by atoms with van der Waals surface area (Å²) < 4.78 is 5.09. The van der Waals surface area contributed by atoms with Crippen molar-refractivity contribution < 1.29 is 14.4 Å². The minimum atomic E-state index is -0.185. The summed E-state index contributed by atoms with van der Waals surface area (Å²) in [6.45, 7) is 0.721. The van der Waals surface area contributed by atoms with E-state index in [1.54, 1.807) is 7.11 Å². The zero-order chi connectivity index (χ0) is 8.97. The van der Waals surface area contributed by atoms with Crippen LogP contribution in [0, 0.1) is 0 Å². The SMILES string of the molecule is CONC(=O)C1CC(OC)CN1. The van der Waals surface area contributed by atoms with Crippen molar-refractivity contribution >= 4 is 5.91 Å². The predicted octanol–water partition coefficient (Wildman–Crippen LogP) is -0.959. The van der Waals surface area contributed by atoms with Crippen molar-refractivity contribution in [3.63, 3.8) is 0 Å². The summed E-state index contributed by atoms with van der Waals surface area (Å²) >= 11 is 0. The number of rotatable bonds is 3. The molecule has 5 nitrogen and oxygen atoms in total. The second-order valence-electron chi connectivity index (χ2n) is 2.72. The lowest BCUT2D eigenvalue weighted by atomic mass is 10.2. The molecule has 0 spiro atoms. The highest BCUT2D eigenvalue weighted by atomic mass is 16.6. The number of carbonyl (C=O) groups excluding carboxylic acids is 1. The maximum atomic E-state index is 11.2. The number of hydrogen-bond acceptors (Lipinski definition) is 4. The average Bonchev–Trinajstić information content (AvgIpc) is 2.52. The van der Waals surface area contributed by atoms with Crippen LogP contribution in [0.15, 0.2) is 0 Å². The molecule has 1 saturated heterocycles. The summed E-state index contributed by atoms with van der Waals surface area (Å²) in [4.78, 5) is 15.7. The van der Waals surface area contributed by atoms with Gasteiger partial charge in [0.2, 0.25) is 0 Å². The van der Waals surface area contributed by atoms with Crippen LogP contribution in [-0.4, -0.2) is 38.8 Å². The lowest BCUT2D eigenvalue weighted by Gasteiger charge is -2.08. The molecule has 0 bridgehead atoms. The molecular formula is C7H14N2O3. The Bertz CT molecular complexity index is 163. The van der Waals surface area contributed by atoms with Gasteiger partial charge in [0.15, 0.2) is 0 Å². The van der Waals surface area contributed by atoms with Gasteiger partial charge in [-0.05, 0) is 6.42 Å². The van der Waals surface area contributed by atoms with Crippen LogP contribution < -0.4 is 10.8 Å². The average molecular weight is 174 g/mol. The van der Waals surface area contributed by atoms with Gasteiger partial charge in [-0.3, -0.25) is 9.63 Å². The Balaban J connectivity index is 2.31. The molecule has 2 unspecified atom stereocenters. The molecule has 1 aliphatic heterocycles. The number of carbonyl (C=O) groups is 1. The Kier molecular flexibility index (Phi) is 3.46. The molecule has 0 saturated carbocycles. The molecule has 0 aromatic carbocycles. The van der Waals surface area contributed by atoms with E-state index in [4.69, 9.17) is 4.74 Å². The van der Waals surface area contributed by atoms with Crippen LogP contribution in [0.4, 0.5) is 0 Å². The molecule has 2 N–H and O–H groups in total. The van der Waals surface area contributed by atoms with Crippen LogP contribution in [0.1, 0.15) is 6.42 Å². The first-order valence-electron chi connectivity index (χ1n) is 3.87. The van der Waals surface area contributed by atoms with Gasteiger partial charge >= 0.3 is 0 Å². The van der Waals surface area contributed by atoms with Gasteiger partial charge in [0.05, 0.1) is 19.3 Å². The Hall–Kier alpha value is -0.650. The quantitative estimate of drug-likeness (QED) is 0.541. The van der Waals surface area contributed by atoms with Crippen molar-refractivity contribution in [1.82, 2.24) is 10.8 Å². The lowest BCUT2D eigenvalue weighted by molar-refractivity contribution is -0.133. The summed E-state index contributed by atoms with van der Waals surface area (Å²) in [6.07, 6.45) is 0.837. The molecule has 1 heterocycles. The molecule has 2 atom stereocenters. The molecule has 1 rings (SSSR count). The predicted molar refractivity (Wildman–Crippen MR) is 42.4 cm³/mol. The fourth-order valence-electron chi connectivity index (χ4n) is 1.25. The number of hydroxylamine groups is 1. The van der Waals surface area contributed by atoms with E-state index in [9.17, 15) is 4.79 Å². The smallest absolute Gasteiger partial charge is 0.260 e. The van der Waals surface area contributed by atoms with E-state index in [0.29, 0.717) is 6.42 Å². The van der Waals surface area contributed by atoms with E-state index >= 15 is 0 Å². The second kappa shape index (κ2) is 4.39. The van der Waals surface area contributed by atoms with Gasteiger partial charge in [0.1, 0.15) is 0 Å². The fourth-order valence-corrected chi connectivity index (χ4v) is 1.25. The zero-order valence-electron chi connectivity index (χ0n) is 7.29. The third-order valence-electron chi connectivity index (χ3n) is 1.94. The van der Waals surface area contributed by atoms with Crippen LogP contribution in [0.2, 0.25) is 0 Å². The van der Waals surface area contributed by atoms with Crippen molar-refractivity contribution in [2.45, 2.75) is 18.6 Å². The Labute approximate surface area is 71.4 Å². The first kappa shape index (κ1) is 9.44. The number of nitrogens with one attached hydrogen (secondary N) is 2. The first-order chi connectivity index (χ1) is 5.77. The number of amides is 1. The van der Waals surface area contributed by atoms with E-state index < -0.39 is 0 Å². The highest BCUT2D eigenvalue weighted by Gasteiger charge is 2.29. The maximum Gasteiger partial charge on any atom is 0.260 e. The van der Waals surface area contributed by atoms with Crippen LogP contribution in [0.3, 0.4) is 0 Å². The highest BCUT2D eigenvalue weighted by molar-refractivity contribution is 5.81. The van der Waals surface area contributed by atoms with Gasteiger partial charge in [-0.15, -0.1) is 0 Å². The van der Waals surface area contributed by atoms with E-state index in [1.165, 1.54) is 7.11 Å². The number of hydrogen-bond donors (Lipinski definition) is 2. The van der Waals surface area contributed by atoms with Crippen molar-refractivity contribution in [2.24, 2.45) is 0 Å². The van der Waals surface area contributed by atoms with E-state index in [0.717, 1.165) is 6.54 Å². The minimum absolute atomic E-state index is 0.137. The number of methoxy groups -OCH3 is 1. The molecule has 1 amide bonds. The zero-order valence-corrected chi connectivity index (χ0v) is 7.29. The summed E-state index contributed by atoms with van der Waals surface area (Å²) in [7, 11) is 3.06. The normalized spacial score (nSPS) is 28.8. The molecular weight excluding hydrogens is 160 g/mol.